The molecule has 0 spiro atoms. The summed E-state index contributed by atoms with van der Waals surface area (Å²) in [6.45, 7) is 1.78. The van der Waals surface area contributed by atoms with Crippen LogP contribution in [0.5, 0.6) is 11.6 Å². The van der Waals surface area contributed by atoms with Gasteiger partial charge in [0.25, 0.3) is 0 Å². The standard InChI is InChI=1S/C20H16N4O2/c1-12-14(7-8-17(24-12)26-13-5-3-2-4-6-13)19(25)15-11-23-20-18(15)16(21)9-10-22-20/h2-11H,1H3,(H3,21,22,23). The first kappa shape index (κ1) is 15.8. The minimum Gasteiger partial charge on any atom is -0.439 e. The number of carbonyl (C=O) groups is 1. The molecule has 128 valence electrons. The van der Waals surface area contributed by atoms with E-state index in [9.17, 15) is 4.79 Å². The highest BCUT2D eigenvalue weighted by molar-refractivity contribution is 6.18. The average Bonchev–Trinajstić information content (AvgIpc) is 3.08. The van der Waals surface area contributed by atoms with Crippen LogP contribution >= 0.6 is 0 Å². The Morgan fingerprint density at radius 2 is 1.88 bits per heavy atom. The molecule has 4 aromatic rings. The van der Waals surface area contributed by atoms with Crippen LogP contribution in [0.25, 0.3) is 11.0 Å². The summed E-state index contributed by atoms with van der Waals surface area (Å²) >= 11 is 0. The lowest BCUT2D eigenvalue weighted by atomic mass is 10.0. The minimum atomic E-state index is -0.160. The van der Waals surface area contributed by atoms with Crippen LogP contribution in [-0.4, -0.2) is 20.7 Å². The zero-order valence-corrected chi connectivity index (χ0v) is 14.1. The summed E-state index contributed by atoms with van der Waals surface area (Å²) < 4.78 is 5.72. The van der Waals surface area contributed by atoms with Gasteiger partial charge in [-0.2, -0.15) is 0 Å². The van der Waals surface area contributed by atoms with Gasteiger partial charge in [-0.3, -0.25) is 4.79 Å². The van der Waals surface area contributed by atoms with Crippen LogP contribution in [0.15, 0.2) is 60.9 Å². The highest BCUT2D eigenvalue weighted by Gasteiger charge is 2.19. The fourth-order valence-electron chi connectivity index (χ4n) is 2.85. The van der Waals surface area contributed by atoms with Crippen LogP contribution < -0.4 is 10.5 Å². The van der Waals surface area contributed by atoms with Gasteiger partial charge >= 0.3 is 0 Å². The van der Waals surface area contributed by atoms with E-state index < -0.39 is 0 Å². The summed E-state index contributed by atoms with van der Waals surface area (Å²) in [6.07, 6.45) is 3.23. The molecule has 0 saturated carbocycles. The largest absolute Gasteiger partial charge is 0.439 e. The lowest BCUT2D eigenvalue weighted by Crippen LogP contribution is -2.06. The molecule has 6 nitrogen and oxygen atoms in total. The van der Waals surface area contributed by atoms with Crippen LogP contribution in [0.1, 0.15) is 21.6 Å². The van der Waals surface area contributed by atoms with E-state index in [-0.39, 0.29) is 5.78 Å². The number of ketones is 1. The Labute approximate surface area is 149 Å². The molecule has 1 aromatic carbocycles. The van der Waals surface area contributed by atoms with Gasteiger partial charge in [0.15, 0.2) is 5.78 Å². The van der Waals surface area contributed by atoms with E-state index in [1.165, 1.54) is 0 Å². The van der Waals surface area contributed by atoms with Gasteiger partial charge in [-0.1, -0.05) is 18.2 Å². The number of H-pyrrole nitrogens is 1. The van der Waals surface area contributed by atoms with Crippen molar-refractivity contribution in [1.82, 2.24) is 15.0 Å². The molecule has 0 aliphatic carbocycles. The SMILES string of the molecule is Cc1nc(Oc2ccccc2)ccc1C(=O)c1c[nH]c2nccc(N)c12. The Morgan fingerprint density at radius 3 is 2.65 bits per heavy atom. The molecule has 0 bridgehead atoms. The number of hydrogen-bond donors (Lipinski definition) is 2. The van der Waals surface area contributed by atoms with E-state index in [4.69, 9.17) is 10.5 Å². The lowest BCUT2D eigenvalue weighted by molar-refractivity contribution is 0.103. The number of nitrogens with zero attached hydrogens (tertiary/aromatic N) is 2. The molecule has 0 fully saturated rings. The van der Waals surface area contributed by atoms with Crippen molar-refractivity contribution in [3.05, 3.63) is 77.7 Å². The van der Waals surface area contributed by atoms with Crippen molar-refractivity contribution in [2.45, 2.75) is 6.92 Å². The molecule has 0 aliphatic rings. The van der Waals surface area contributed by atoms with Gasteiger partial charge in [0.1, 0.15) is 11.4 Å². The molecule has 0 radical (unpaired) electrons. The smallest absolute Gasteiger partial charge is 0.219 e. The van der Waals surface area contributed by atoms with Gasteiger partial charge in [-0.15, -0.1) is 0 Å². The third-order valence-corrected chi connectivity index (χ3v) is 4.12. The number of ether oxygens (including phenoxy) is 1. The molecular weight excluding hydrogens is 328 g/mol. The van der Waals surface area contributed by atoms with Crippen LogP contribution in [-0.2, 0) is 0 Å². The summed E-state index contributed by atoms with van der Waals surface area (Å²) in [6, 6.07) is 14.4. The van der Waals surface area contributed by atoms with E-state index >= 15 is 0 Å². The Balaban J connectivity index is 1.68. The number of hydrogen-bond acceptors (Lipinski definition) is 5. The summed E-state index contributed by atoms with van der Waals surface area (Å²) in [5.74, 6) is 0.964. The molecular formula is C20H16N4O2. The second kappa shape index (κ2) is 6.33. The molecule has 0 aliphatic heterocycles. The number of pyridine rings is 2. The van der Waals surface area contributed by atoms with Gasteiger partial charge < -0.3 is 15.5 Å². The molecule has 3 aromatic heterocycles. The number of nitrogen functional groups attached to an aromatic ring is 1. The maximum Gasteiger partial charge on any atom is 0.219 e. The van der Waals surface area contributed by atoms with Crippen molar-refractivity contribution in [2.24, 2.45) is 0 Å². The maximum absolute atomic E-state index is 13.0. The summed E-state index contributed by atoms with van der Waals surface area (Å²) in [5.41, 5.74) is 8.67. The lowest BCUT2D eigenvalue weighted by Gasteiger charge is -2.08. The van der Waals surface area contributed by atoms with Crippen LogP contribution in [0.2, 0.25) is 0 Å². The van der Waals surface area contributed by atoms with Gasteiger partial charge in [0.2, 0.25) is 5.88 Å². The predicted molar refractivity (Wildman–Crippen MR) is 99.4 cm³/mol. The third-order valence-electron chi connectivity index (χ3n) is 4.12. The quantitative estimate of drug-likeness (QED) is 0.548. The summed E-state index contributed by atoms with van der Waals surface area (Å²) in [7, 11) is 0. The molecule has 0 atom stereocenters. The van der Waals surface area contributed by atoms with Gasteiger partial charge in [0.05, 0.1) is 16.6 Å². The molecule has 4 rings (SSSR count). The first-order valence-electron chi connectivity index (χ1n) is 8.10. The molecule has 3 heterocycles. The highest BCUT2D eigenvalue weighted by Crippen LogP contribution is 2.27. The summed E-state index contributed by atoms with van der Waals surface area (Å²) in [5, 5.41) is 0.626. The van der Waals surface area contributed by atoms with E-state index in [1.807, 2.05) is 30.3 Å². The number of anilines is 1. The van der Waals surface area contributed by atoms with Crippen LogP contribution in [0, 0.1) is 6.92 Å². The number of aromatic amines is 1. The molecule has 26 heavy (non-hydrogen) atoms. The van der Waals surface area contributed by atoms with Crippen molar-refractivity contribution < 1.29 is 9.53 Å². The number of nitrogens with one attached hydrogen (secondary N) is 1. The Bertz CT molecular complexity index is 1100. The Kier molecular flexibility index (Phi) is 3.85. The molecule has 3 N–H and O–H groups in total. The van der Waals surface area contributed by atoms with E-state index in [2.05, 4.69) is 15.0 Å². The number of nitrogens with two attached hydrogens (primary N) is 1. The van der Waals surface area contributed by atoms with Gasteiger partial charge in [-0.05, 0) is 31.2 Å². The zero-order valence-electron chi connectivity index (χ0n) is 14.1. The number of fused-ring (bicyclic) bond motifs is 1. The first-order valence-corrected chi connectivity index (χ1v) is 8.10. The number of carbonyl (C=O) groups excluding carboxylic acids is 1. The van der Waals surface area contributed by atoms with Crippen molar-refractivity contribution >= 4 is 22.5 Å². The van der Waals surface area contributed by atoms with Crippen molar-refractivity contribution in [2.75, 3.05) is 5.73 Å². The van der Waals surface area contributed by atoms with Crippen LogP contribution in [0.4, 0.5) is 5.69 Å². The van der Waals surface area contributed by atoms with E-state index in [1.54, 1.807) is 37.5 Å². The first-order chi connectivity index (χ1) is 12.6. The number of benzene rings is 1. The normalized spacial score (nSPS) is 10.8. The monoisotopic (exact) mass is 344 g/mol. The van der Waals surface area contributed by atoms with E-state index in [0.29, 0.717) is 45.2 Å². The topological polar surface area (TPSA) is 93.9 Å². The fraction of sp³-hybridized carbons (Fsp3) is 0.0500. The number of rotatable bonds is 4. The molecule has 0 amide bonds. The average molecular weight is 344 g/mol. The molecule has 0 saturated heterocycles. The number of para-hydroxylation sites is 1. The predicted octanol–water partition coefficient (Wildman–Crippen LogP) is 3.87. The van der Waals surface area contributed by atoms with Crippen LogP contribution in [0.3, 0.4) is 0 Å². The minimum absolute atomic E-state index is 0.160. The third kappa shape index (κ3) is 2.77. The van der Waals surface area contributed by atoms with Crippen molar-refractivity contribution in [3.63, 3.8) is 0 Å². The fourth-order valence-corrected chi connectivity index (χ4v) is 2.85. The zero-order chi connectivity index (χ0) is 18.1. The van der Waals surface area contributed by atoms with Crippen molar-refractivity contribution in [1.29, 1.82) is 0 Å². The second-order valence-corrected chi connectivity index (χ2v) is 5.85. The van der Waals surface area contributed by atoms with E-state index in [0.717, 1.165) is 0 Å². The van der Waals surface area contributed by atoms with Gasteiger partial charge in [0, 0.05) is 29.7 Å². The van der Waals surface area contributed by atoms with Crippen molar-refractivity contribution in [3.8, 4) is 11.6 Å². The number of aromatic nitrogens is 3. The highest BCUT2D eigenvalue weighted by atomic mass is 16.5. The maximum atomic E-state index is 13.0. The van der Waals surface area contributed by atoms with Gasteiger partial charge in [-0.25, -0.2) is 9.97 Å². The Hall–Kier alpha value is -3.67. The molecule has 6 heteroatoms. The second-order valence-electron chi connectivity index (χ2n) is 5.85. The summed E-state index contributed by atoms with van der Waals surface area (Å²) in [4.78, 5) is 24.6. The number of aryl methyl sites for hydroxylation is 1. The molecule has 0 unspecified atom stereocenters. The Morgan fingerprint density at radius 1 is 1.08 bits per heavy atom.